The van der Waals surface area contributed by atoms with Gasteiger partial charge in [0.1, 0.15) is 0 Å². The number of carbonyl (C=O) groups is 1. The lowest BCUT2D eigenvalue weighted by molar-refractivity contribution is -0.114. The lowest BCUT2D eigenvalue weighted by Crippen LogP contribution is -2.04. The zero-order chi connectivity index (χ0) is 11.0. The highest BCUT2D eigenvalue weighted by atomic mass is 35.5. The predicted octanol–water partition coefficient (Wildman–Crippen LogP) is 3.22. The lowest BCUT2D eigenvalue weighted by Gasteiger charge is -1.94. The molecule has 3 nitrogen and oxygen atoms in total. The normalized spacial score (nSPS) is 10.6. The van der Waals surface area contributed by atoms with Crippen LogP contribution >= 0.6 is 22.9 Å². The van der Waals surface area contributed by atoms with Crippen LogP contribution in [-0.4, -0.2) is 10.9 Å². The zero-order valence-electron chi connectivity index (χ0n) is 8.30. The minimum Gasteiger partial charge on any atom is -0.302 e. The average Bonchev–Trinajstić information content (AvgIpc) is 2.45. The van der Waals surface area contributed by atoms with Crippen LogP contribution in [0.15, 0.2) is 12.1 Å². The summed E-state index contributed by atoms with van der Waals surface area (Å²) in [5.74, 6) is -0.113. The Hall–Kier alpha value is -1.13. The number of fused-ring (bicyclic) bond motifs is 1. The summed E-state index contributed by atoms with van der Waals surface area (Å²) in [7, 11) is 0. The topological polar surface area (TPSA) is 42.0 Å². The van der Waals surface area contributed by atoms with Crippen LogP contribution in [0.3, 0.4) is 0 Å². The van der Waals surface area contributed by atoms with Gasteiger partial charge in [0.15, 0.2) is 5.13 Å². The third-order valence-electron chi connectivity index (χ3n) is 1.93. The minimum absolute atomic E-state index is 0.113. The minimum atomic E-state index is -0.113. The number of nitrogens with zero attached hydrogens (tertiary/aromatic N) is 1. The molecule has 0 saturated heterocycles. The van der Waals surface area contributed by atoms with Gasteiger partial charge >= 0.3 is 0 Å². The number of carbonyl (C=O) groups excluding carboxylic acids is 1. The molecule has 1 heterocycles. The molecule has 78 valence electrons. The van der Waals surface area contributed by atoms with Crippen molar-refractivity contribution in [2.75, 3.05) is 5.32 Å². The molecule has 0 radical (unpaired) electrons. The summed E-state index contributed by atoms with van der Waals surface area (Å²) >= 11 is 7.36. The van der Waals surface area contributed by atoms with Gasteiger partial charge in [-0.25, -0.2) is 4.98 Å². The van der Waals surface area contributed by atoms with Gasteiger partial charge in [-0.3, -0.25) is 4.79 Å². The van der Waals surface area contributed by atoms with Crippen LogP contribution < -0.4 is 5.32 Å². The molecule has 2 aromatic rings. The number of halogens is 1. The van der Waals surface area contributed by atoms with E-state index < -0.39 is 0 Å². The van der Waals surface area contributed by atoms with Gasteiger partial charge in [-0.2, -0.15) is 0 Å². The predicted molar refractivity (Wildman–Crippen MR) is 63.7 cm³/mol. The molecule has 0 fully saturated rings. The summed E-state index contributed by atoms with van der Waals surface area (Å²) in [4.78, 5) is 15.2. The number of nitrogens with one attached hydrogen (secondary N) is 1. The van der Waals surface area contributed by atoms with Crippen molar-refractivity contribution in [1.29, 1.82) is 0 Å². The van der Waals surface area contributed by atoms with E-state index in [2.05, 4.69) is 10.3 Å². The first-order valence-electron chi connectivity index (χ1n) is 4.40. The second-order valence-electron chi connectivity index (χ2n) is 3.27. The number of thiazole rings is 1. The molecule has 0 bridgehead atoms. The maximum absolute atomic E-state index is 10.9. The van der Waals surface area contributed by atoms with Crippen LogP contribution in [0, 0.1) is 6.92 Å². The van der Waals surface area contributed by atoms with Gasteiger partial charge in [-0.1, -0.05) is 22.9 Å². The molecule has 1 N–H and O–H groups in total. The first-order chi connectivity index (χ1) is 7.06. The van der Waals surface area contributed by atoms with Gasteiger partial charge < -0.3 is 5.32 Å². The Morgan fingerprint density at radius 1 is 1.53 bits per heavy atom. The highest BCUT2D eigenvalue weighted by Gasteiger charge is 2.07. The molecule has 1 aromatic carbocycles. The zero-order valence-corrected chi connectivity index (χ0v) is 9.87. The van der Waals surface area contributed by atoms with E-state index in [1.807, 2.05) is 19.1 Å². The standard InChI is InChI=1S/C10H9ClN2OS/c1-5-3-7(11)4-8-9(5)13-10(15-8)12-6(2)14/h3-4H,1-2H3,(H,12,13,14). The number of anilines is 1. The number of benzene rings is 1. The van der Waals surface area contributed by atoms with E-state index >= 15 is 0 Å². The highest BCUT2D eigenvalue weighted by Crippen LogP contribution is 2.30. The van der Waals surface area contributed by atoms with Crippen molar-refractivity contribution in [1.82, 2.24) is 4.98 Å². The number of hydrogen-bond acceptors (Lipinski definition) is 3. The molecule has 15 heavy (non-hydrogen) atoms. The number of hydrogen-bond donors (Lipinski definition) is 1. The lowest BCUT2D eigenvalue weighted by atomic mass is 10.2. The Bertz CT molecular complexity index is 535. The average molecular weight is 241 g/mol. The first-order valence-corrected chi connectivity index (χ1v) is 5.60. The van der Waals surface area contributed by atoms with Crippen LogP contribution in [-0.2, 0) is 4.79 Å². The van der Waals surface area contributed by atoms with Gasteiger partial charge in [-0.15, -0.1) is 0 Å². The highest BCUT2D eigenvalue weighted by molar-refractivity contribution is 7.22. The van der Waals surface area contributed by atoms with Crippen molar-refractivity contribution < 1.29 is 4.79 Å². The van der Waals surface area contributed by atoms with Gasteiger partial charge in [0.25, 0.3) is 0 Å². The largest absolute Gasteiger partial charge is 0.302 e. The summed E-state index contributed by atoms with van der Waals surface area (Å²) in [6, 6.07) is 3.72. The van der Waals surface area contributed by atoms with E-state index in [1.165, 1.54) is 18.3 Å². The molecule has 0 unspecified atom stereocenters. The van der Waals surface area contributed by atoms with E-state index in [-0.39, 0.29) is 5.91 Å². The molecule has 0 spiro atoms. The Morgan fingerprint density at radius 2 is 2.27 bits per heavy atom. The quantitative estimate of drug-likeness (QED) is 0.832. The van der Waals surface area contributed by atoms with E-state index in [9.17, 15) is 4.79 Å². The third-order valence-corrected chi connectivity index (χ3v) is 3.07. The molecule has 5 heteroatoms. The molecule has 0 aliphatic carbocycles. The Morgan fingerprint density at radius 3 is 2.93 bits per heavy atom. The van der Waals surface area contributed by atoms with Crippen molar-refractivity contribution in [2.45, 2.75) is 13.8 Å². The fourth-order valence-corrected chi connectivity index (χ4v) is 2.73. The van der Waals surface area contributed by atoms with Gasteiger partial charge in [0.2, 0.25) is 5.91 Å². The summed E-state index contributed by atoms with van der Waals surface area (Å²) in [6.45, 7) is 3.41. The van der Waals surface area contributed by atoms with Crippen LogP contribution in [0.4, 0.5) is 5.13 Å². The molecule has 0 aliphatic rings. The van der Waals surface area contributed by atoms with Gasteiger partial charge in [0, 0.05) is 11.9 Å². The number of aryl methyl sites for hydroxylation is 1. The monoisotopic (exact) mass is 240 g/mol. The molecule has 0 atom stereocenters. The molecule has 0 aliphatic heterocycles. The van der Waals surface area contributed by atoms with Crippen molar-refractivity contribution >= 4 is 44.2 Å². The van der Waals surface area contributed by atoms with Crippen LogP contribution in [0.5, 0.6) is 0 Å². The van der Waals surface area contributed by atoms with E-state index in [0.717, 1.165) is 15.8 Å². The summed E-state index contributed by atoms with van der Waals surface area (Å²) < 4.78 is 0.990. The Balaban J connectivity index is 2.55. The van der Waals surface area contributed by atoms with Crippen LogP contribution in [0.25, 0.3) is 10.2 Å². The van der Waals surface area contributed by atoms with Gasteiger partial charge in [0.05, 0.1) is 10.2 Å². The molecule has 1 amide bonds. The van der Waals surface area contributed by atoms with Crippen molar-refractivity contribution in [3.63, 3.8) is 0 Å². The second-order valence-corrected chi connectivity index (χ2v) is 4.74. The van der Waals surface area contributed by atoms with E-state index in [0.29, 0.717) is 10.2 Å². The van der Waals surface area contributed by atoms with E-state index in [4.69, 9.17) is 11.6 Å². The SMILES string of the molecule is CC(=O)Nc1nc2c(C)cc(Cl)cc2s1. The van der Waals surface area contributed by atoms with Gasteiger partial charge in [-0.05, 0) is 24.6 Å². The Kier molecular flexibility index (Phi) is 2.63. The third kappa shape index (κ3) is 2.11. The number of rotatable bonds is 1. The second kappa shape index (κ2) is 3.79. The summed E-state index contributed by atoms with van der Waals surface area (Å²) in [6.07, 6.45) is 0. The smallest absolute Gasteiger partial charge is 0.223 e. The fraction of sp³-hybridized carbons (Fsp3) is 0.200. The fourth-order valence-electron chi connectivity index (χ4n) is 1.36. The van der Waals surface area contributed by atoms with Crippen LogP contribution in [0.1, 0.15) is 12.5 Å². The van der Waals surface area contributed by atoms with Crippen LogP contribution in [0.2, 0.25) is 5.02 Å². The Labute approximate surface area is 96.1 Å². The van der Waals surface area contributed by atoms with Crippen molar-refractivity contribution in [3.05, 3.63) is 22.7 Å². The number of amides is 1. The maximum atomic E-state index is 10.9. The summed E-state index contributed by atoms with van der Waals surface area (Å²) in [5.41, 5.74) is 1.92. The maximum Gasteiger partial charge on any atom is 0.223 e. The molecule has 2 rings (SSSR count). The van der Waals surface area contributed by atoms with E-state index in [1.54, 1.807) is 0 Å². The molecular formula is C10H9ClN2OS. The summed E-state index contributed by atoms with van der Waals surface area (Å²) in [5, 5.41) is 3.97. The number of aromatic nitrogens is 1. The molecular weight excluding hydrogens is 232 g/mol. The molecule has 1 aromatic heterocycles. The van der Waals surface area contributed by atoms with Crippen molar-refractivity contribution in [2.24, 2.45) is 0 Å². The first kappa shape index (κ1) is 10.4. The molecule has 0 saturated carbocycles. The van der Waals surface area contributed by atoms with Crippen molar-refractivity contribution in [3.8, 4) is 0 Å².